The van der Waals surface area contributed by atoms with Gasteiger partial charge in [-0.05, 0) is 30.0 Å². The van der Waals surface area contributed by atoms with Gasteiger partial charge in [-0.15, -0.1) is 0 Å². The maximum absolute atomic E-state index is 9.28. The smallest absolute Gasteiger partial charge is 0.182 e. The number of halogens is 1. The minimum atomic E-state index is -1.26. The molecule has 0 radical (unpaired) electrons. The number of hydrogen-bond donors (Lipinski definition) is 1. The fourth-order valence-corrected chi connectivity index (χ4v) is 2.27. The second kappa shape index (κ2) is 6.25. The summed E-state index contributed by atoms with van der Waals surface area (Å²) < 4.78 is 1.43. The van der Waals surface area contributed by atoms with E-state index in [4.69, 9.17) is 11.8 Å². The number of nitrogens with zero attached hydrogens (tertiary/aromatic N) is 3. The predicted octanol–water partition coefficient (Wildman–Crippen LogP) is 3.04. The van der Waals surface area contributed by atoms with Crippen molar-refractivity contribution in [1.82, 2.24) is 4.42 Å². The second-order valence-electron chi connectivity index (χ2n) is 4.38. The molecule has 100 valence electrons. The van der Waals surface area contributed by atoms with Crippen LogP contribution in [0.1, 0.15) is 0 Å². The van der Waals surface area contributed by atoms with Gasteiger partial charge in [0.1, 0.15) is 0 Å². The standard InChI is InChI=1S/C15H13ClN4/c16-20(12-19-13-6-2-1-3-7-13)14-8-4-5-9-15(14,10-17)11-18/h1-9,14,19H,12H2. The molecule has 1 atom stereocenters. The lowest BCUT2D eigenvalue weighted by molar-refractivity contribution is 0.330. The SMILES string of the molecule is N#CC1(C#N)C=CC=CC1N(Cl)CNc1ccccc1. The third-order valence-electron chi connectivity index (χ3n) is 3.11. The van der Waals surface area contributed by atoms with Crippen LogP contribution >= 0.6 is 11.8 Å². The highest BCUT2D eigenvalue weighted by Gasteiger charge is 2.40. The van der Waals surface area contributed by atoms with E-state index in [2.05, 4.69) is 5.32 Å². The van der Waals surface area contributed by atoms with Crippen molar-refractivity contribution in [1.29, 1.82) is 10.5 Å². The lowest BCUT2D eigenvalue weighted by Gasteiger charge is -2.31. The van der Waals surface area contributed by atoms with E-state index in [0.717, 1.165) is 5.69 Å². The van der Waals surface area contributed by atoms with Gasteiger partial charge in [0.2, 0.25) is 0 Å². The third-order valence-corrected chi connectivity index (χ3v) is 3.44. The normalized spacial score (nSPS) is 19.3. The number of allylic oxidation sites excluding steroid dienone is 2. The van der Waals surface area contributed by atoms with E-state index in [0.29, 0.717) is 6.67 Å². The van der Waals surface area contributed by atoms with Crippen LogP contribution in [0.2, 0.25) is 0 Å². The van der Waals surface area contributed by atoms with E-state index in [9.17, 15) is 10.5 Å². The number of anilines is 1. The van der Waals surface area contributed by atoms with Crippen LogP contribution in [-0.4, -0.2) is 17.1 Å². The zero-order valence-corrected chi connectivity index (χ0v) is 11.5. The Hall–Kier alpha value is -2.27. The Bertz CT molecular complexity index is 581. The third kappa shape index (κ3) is 2.83. The molecule has 0 aliphatic heterocycles. The van der Waals surface area contributed by atoms with E-state index < -0.39 is 11.5 Å². The molecule has 4 nitrogen and oxygen atoms in total. The van der Waals surface area contributed by atoms with Crippen molar-refractivity contribution in [2.24, 2.45) is 5.41 Å². The number of nitriles is 2. The summed E-state index contributed by atoms with van der Waals surface area (Å²) in [5.41, 5.74) is -0.331. The Morgan fingerprint density at radius 2 is 1.90 bits per heavy atom. The van der Waals surface area contributed by atoms with Crippen molar-refractivity contribution in [2.75, 3.05) is 12.0 Å². The van der Waals surface area contributed by atoms with Gasteiger partial charge in [-0.2, -0.15) is 14.9 Å². The molecule has 0 saturated heterocycles. The van der Waals surface area contributed by atoms with E-state index in [-0.39, 0.29) is 0 Å². The summed E-state index contributed by atoms with van der Waals surface area (Å²) in [7, 11) is 0. The van der Waals surface area contributed by atoms with Crippen molar-refractivity contribution in [2.45, 2.75) is 6.04 Å². The first-order valence-corrected chi connectivity index (χ1v) is 6.45. The maximum atomic E-state index is 9.28. The van der Waals surface area contributed by atoms with Crippen LogP contribution in [0.3, 0.4) is 0 Å². The Labute approximate surface area is 123 Å². The molecule has 0 amide bonds. The summed E-state index contributed by atoms with van der Waals surface area (Å²) in [6, 6.07) is 13.2. The number of rotatable bonds is 4. The molecular weight excluding hydrogens is 272 g/mol. The summed E-state index contributed by atoms with van der Waals surface area (Å²) in [4.78, 5) is 0. The maximum Gasteiger partial charge on any atom is 0.182 e. The Morgan fingerprint density at radius 1 is 1.20 bits per heavy atom. The molecule has 1 aromatic rings. The van der Waals surface area contributed by atoms with Crippen molar-refractivity contribution < 1.29 is 0 Å². The Kier molecular flexibility index (Phi) is 4.42. The number of benzene rings is 1. The molecule has 0 aromatic heterocycles. The molecule has 0 spiro atoms. The van der Waals surface area contributed by atoms with Crippen LogP contribution < -0.4 is 5.32 Å². The van der Waals surface area contributed by atoms with Gasteiger partial charge in [-0.3, -0.25) is 0 Å². The summed E-state index contributed by atoms with van der Waals surface area (Å²) >= 11 is 6.23. The number of para-hydroxylation sites is 1. The van der Waals surface area contributed by atoms with Crippen molar-refractivity contribution in [3.63, 3.8) is 0 Å². The fourth-order valence-electron chi connectivity index (χ4n) is 1.99. The van der Waals surface area contributed by atoms with Gasteiger partial charge in [0.05, 0.1) is 24.8 Å². The second-order valence-corrected chi connectivity index (χ2v) is 4.82. The molecule has 0 bridgehead atoms. The molecule has 1 N–H and O–H groups in total. The average Bonchev–Trinajstić information content (AvgIpc) is 2.53. The highest BCUT2D eigenvalue weighted by Crippen LogP contribution is 2.31. The minimum Gasteiger partial charge on any atom is -0.371 e. The summed E-state index contributed by atoms with van der Waals surface area (Å²) in [6.45, 7) is 0.319. The highest BCUT2D eigenvalue weighted by molar-refractivity contribution is 6.13. The predicted molar refractivity (Wildman–Crippen MR) is 78.4 cm³/mol. The Morgan fingerprint density at radius 3 is 2.55 bits per heavy atom. The first-order chi connectivity index (χ1) is 9.72. The Balaban J connectivity index is 2.07. The lowest BCUT2D eigenvalue weighted by Crippen LogP contribution is -2.42. The zero-order chi connectivity index (χ0) is 14.4. The van der Waals surface area contributed by atoms with E-state index in [1.54, 1.807) is 24.3 Å². The molecule has 0 fully saturated rings. The van der Waals surface area contributed by atoms with Crippen LogP contribution in [0, 0.1) is 28.1 Å². The monoisotopic (exact) mass is 284 g/mol. The van der Waals surface area contributed by atoms with E-state index in [1.165, 1.54) is 4.42 Å². The van der Waals surface area contributed by atoms with Crippen LogP contribution in [0.25, 0.3) is 0 Å². The molecular formula is C15H13ClN4. The highest BCUT2D eigenvalue weighted by atomic mass is 35.5. The van der Waals surface area contributed by atoms with Gasteiger partial charge in [0.25, 0.3) is 0 Å². The first-order valence-electron chi connectivity index (χ1n) is 6.12. The molecule has 2 rings (SSSR count). The van der Waals surface area contributed by atoms with Gasteiger partial charge in [0.15, 0.2) is 5.41 Å². The molecule has 5 heteroatoms. The summed E-state index contributed by atoms with van der Waals surface area (Å²) in [5, 5.41) is 21.7. The van der Waals surface area contributed by atoms with Gasteiger partial charge >= 0.3 is 0 Å². The van der Waals surface area contributed by atoms with E-state index in [1.807, 2.05) is 42.5 Å². The first kappa shape index (κ1) is 14.1. The van der Waals surface area contributed by atoms with Crippen LogP contribution in [0.5, 0.6) is 0 Å². The van der Waals surface area contributed by atoms with Crippen LogP contribution in [0.4, 0.5) is 5.69 Å². The number of nitrogens with one attached hydrogen (secondary N) is 1. The molecule has 1 unspecified atom stereocenters. The fraction of sp³-hybridized carbons (Fsp3) is 0.200. The van der Waals surface area contributed by atoms with Gasteiger partial charge < -0.3 is 5.32 Å². The molecule has 1 aromatic carbocycles. The average molecular weight is 285 g/mol. The molecule has 1 aliphatic carbocycles. The van der Waals surface area contributed by atoms with Gasteiger partial charge in [-0.25, -0.2) is 0 Å². The molecule has 0 heterocycles. The van der Waals surface area contributed by atoms with Crippen molar-refractivity contribution in [3.05, 3.63) is 54.6 Å². The van der Waals surface area contributed by atoms with Crippen LogP contribution in [-0.2, 0) is 0 Å². The molecule has 1 aliphatic rings. The van der Waals surface area contributed by atoms with E-state index >= 15 is 0 Å². The van der Waals surface area contributed by atoms with Gasteiger partial charge in [0, 0.05) is 5.69 Å². The van der Waals surface area contributed by atoms with Crippen molar-refractivity contribution >= 4 is 17.5 Å². The quantitative estimate of drug-likeness (QED) is 0.682. The van der Waals surface area contributed by atoms with Crippen LogP contribution in [0.15, 0.2) is 54.6 Å². The minimum absolute atomic E-state index is 0.319. The van der Waals surface area contributed by atoms with Crippen molar-refractivity contribution in [3.8, 4) is 12.1 Å². The largest absolute Gasteiger partial charge is 0.371 e. The summed E-state index contributed by atoms with van der Waals surface area (Å²) in [5.74, 6) is 0. The number of hydrogen-bond acceptors (Lipinski definition) is 4. The molecule has 0 saturated carbocycles. The molecule has 20 heavy (non-hydrogen) atoms. The lowest BCUT2D eigenvalue weighted by atomic mass is 9.80. The summed E-state index contributed by atoms with van der Waals surface area (Å²) in [6.07, 6.45) is 6.81. The van der Waals surface area contributed by atoms with Gasteiger partial charge in [-0.1, -0.05) is 36.4 Å². The zero-order valence-electron chi connectivity index (χ0n) is 10.7. The topological polar surface area (TPSA) is 62.9 Å².